The van der Waals surface area contributed by atoms with Gasteiger partial charge in [-0.25, -0.2) is 0 Å². The van der Waals surface area contributed by atoms with Gasteiger partial charge in [0.1, 0.15) is 0 Å². The Kier molecular flexibility index (Phi) is 5.47. The molecule has 1 saturated heterocycles. The minimum atomic E-state index is 0.369. The van der Waals surface area contributed by atoms with Crippen LogP contribution in [-0.2, 0) is 11.3 Å². The van der Waals surface area contributed by atoms with Crippen molar-refractivity contribution in [2.75, 3.05) is 26.2 Å². The fourth-order valence-corrected chi connectivity index (χ4v) is 4.25. The normalized spacial score (nSPS) is 23.2. The number of nitrogens with zero attached hydrogens (tertiary/aromatic N) is 1. The molecule has 0 saturated carbocycles. The van der Waals surface area contributed by atoms with E-state index < -0.39 is 0 Å². The van der Waals surface area contributed by atoms with Gasteiger partial charge in [0.25, 0.3) is 0 Å². The second kappa shape index (κ2) is 7.55. The second-order valence-electron chi connectivity index (χ2n) is 6.30. The van der Waals surface area contributed by atoms with Crippen molar-refractivity contribution in [1.29, 1.82) is 0 Å². The molecule has 0 unspecified atom stereocenters. The molecule has 2 atom stereocenters. The Balaban J connectivity index is 1.39. The number of fused-ring (bicyclic) bond motifs is 1. The Morgan fingerprint density at radius 2 is 2.00 bits per heavy atom. The van der Waals surface area contributed by atoms with Gasteiger partial charge in [-0.1, -0.05) is 18.2 Å². The summed E-state index contributed by atoms with van der Waals surface area (Å²) in [5.74, 6) is 0. The van der Waals surface area contributed by atoms with Crippen molar-refractivity contribution in [3.8, 4) is 0 Å². The zero-order valence-corrected chi connectivity index (χ0v) is 14.4. The molecule has 3 nitrogen and oxygen atoms in total. The van der Waals surface area contributed by atoms with E-state index in [-0.39, 0.29) is 0 Å². The first kappa shape index (κ1) is 15.9. The molecule has 1 N–H and O–H groups in total. The molecule has 22 heavy (non-hydrogen) atoms. The van der Waals surface area contributed by atoms with E-state index in [4.69, 9.17) is 4.74 Å². The van der Waals surface area contributed by atoms with Crippen molar-refractivity contribution >= 4 is 21.4 Å². The summed E-state index contributed by atoms with van der Waals surface area (Å²) >= 11 is 1.84. The maximum Gasteiger partial charge on any atom is 0.0678 e. The second-order valence-corrected chi connectivity index (χ2v) is 7.22. The summed E-state index contributed by atoms with van der Waals surface area (Å²) in [6, 6.07) is 8.66. The first-order valence-corrected chi connectivity index (χ1v) is 9.14. The molecule has 4 heteroatoms. The number of morpholine rings is 1. The van der Waals surface area contributed by atoms with Crippen molar-refractivity contribution in [1.82, 2.24) is 10.2 Å². The highest BCUT2D eigenvalue weighted by molar-refractivity contribution is 7.17. The van der Waals surface area contributed by atoms with Gasteiger partial charge in [-0.2, -0.15) is 0 Å². The number of nitrogens with one attached hydrogen (secondary N) is 1. The van der Waals surface area contributed by atoms with E-state index >= 15 is 0 Å². The predicted octanol–water partition coefficient (Wildman–Crippen LogP) is 3.49. The third-order valence-electron chi connectivity index (χ3n) is 4.20. The van der Waals surface area contributed by atoms with Crippen molar-refractivity contribution < 1.29 is 4.74 Å². The van der Waals surface area contributed by atoms with Crippen LogP contribution in [0.5, 0.6) is 0 Å². The monoisotopic (exact) mass is 318 g/mol. The van der Waals surface area contributed by atoms with Crippen LogP contribution in [0.2, 0.25) is 0 Å². The van der Waals surface area contributed by atoms with Crippen LogP contribution >= 0.6 is 11.3 Å². The SMILES string of the molecule is C[C@@H]1CN(CCCNCc2csc3ccccc23)C[C@H](C)O1. The number of hydrogen-bond acceptors (Lipinski definition) is 4. The van der Waals surface area contributed by atoms with E-state index in [1.807, 2.05) is 11.3 Å². The molecule has 0 aliphatic carbocycles. The Morgan fingerprint density at radius 1 is 1.23 bits per heavy atom. The van der Waals surface area contributed by atoms with Gasteiger partial charge in [-0.3, -0.25) is 4.90 Å². The highest BCUT2D eigenvalue weighted by Crippen LogP contribution is 2.25. The maximum atomic E-state index is 5.78. The van der Waals surface area contributed by atoms with E-state index in [9.17, 15) is 0 Å². The highest BCUT2D eigenvalue weighted by atomic mass is 32.1. The van der Waals surface area contributed by atoms with Gasteiger partial charge in [0.2, 0.25) is 0 Å². The summed E-state index contributed by atoms with van der Waals surface area (Å²) in [5, 5.41) is 7.27. The fraction of sp³-hybridized carbons (Fsp3) is 0.556. The van der Waals surface area contributed by atoms with Crippen LogP contribution in [-0.4, -0.2) is 43.3 Å². The summed E-state index contributed by atoms with van der Waals surface area (Å²) < 4.78 is 7.16. The zero-order chi connectivity index (χ0) is 15.4. The lowest BCUT2D eigenvalue weighted by Gasteiger charge is -2.35. The summed E-state index contributed by atoms with van der Waals surface area (Å²) in [7, 11) is 0. The third kappa shape index (κ3) is 4.07. The molecule has 1 aliphatic heterocycles. The summed E-state index contributed by atoms with van der Waals surface area (Å²) in [5.41, 5.74) is 1.43. The lowest BCUT2D eigenvalue weighted by molar-refractivity contribution is -0.0680. The standard InChI is InChI=1S/C18H26N2OS/c1-14-11-20(12-15(2)21-14)9-5-8-19-10-16-13-22-18-7-4-3-6-17(16)18/h3-4,6-7,13-15,19H,5,8-12H2,1-2H3/t14-,15+. The Bertz CT molecular complexity index is 588. The molecule has 0 amide bonds. The number of ether oxygens (including phenoxy) is 1. The van der Waals surface area contributed by atoms with Crippen LogP contribution in [0.25, 0.3) is 10.1 Å². The fourth-order valence-electron chi connectivity index (χ4n) is 3.29. The van der Waals surface area contributed by atoms with E-state index in [0.717, 1.165) is 32.7 Å². The number of hydrogen-bond donors (Lipinski definition) is 1. The largest absolute Gasteiger partial charge is 0.373 e. The smallest absolute Gasteiger partial charge is 0.0678 e. The van der Waals surface area contributed by atoms with Crippen LogP contribution in [0.4, 0.5) is 0 Å². The minimum Gasteiger partial charge on any atom is -0.373 e. The van der Waals surface area contributed by atoms with Gasteiger partial charge < -0.3 is 10.1 Å². The van der Waals surface area contributed by atoms with Crippen LogP contribution in [0, 0.1) is 0 Å². The molecule has 0 radical (unpaired) electrons. The Morgan fingerprint density at radius 3 is 2.82 bits per heavy atom. The number of thiophene rings is 1. The predicted molar refractivity (Wildman–Crippen MR) is 94.6 cm³/mol. The van der Waals surface area contributed by atoms with E-state index in [1.54, 1.807) is 0 Å². The van der Waals surface area contributed by atoms with Crippen LogP contribution in [0.3, 0.4) is 0 Å². The van der Waals surface area contributed by atoms with Crippen molar-refractivity contribution in [2.45, 2.75) is 39.0 Å². The molecular formula is C18H26N2OS. The van der Waals surface area contributed by atoms with Crippen molar-refractivity contribution in [2.24, 2.45) is 0 Å². The minimum absolute atomic E-state index is 0.369. The van der Waals surface area contributed by atoms with E-state index in [0.29, 0.717) is 12.2 Å². The zero-order valence-electron chi connectivity index (χ0n) is 13.5. The average Bonchev–Trinajstić information content (AvgIpc) is 2.89. The van der Waals surface area contributed by atoms with Crippen LogP contribution in [0.15, 0.2) is 29.6 Å². The molecule has 1 aromatic heterocycles. The molecular weight excluding hydrogens is 292 g/mol. The topological polar surface area (TPSA) is 24.5 Å². The molecule has 120 valence electrons. The Hall–Kier alpha value is -0.940. The molecule has 2 aromatic rings. The van der Waals surface area contributed by atoms with Gasteiger partial charge in [-0.05, 0) is 55.8 Å². The lowest BCUT2D eigenvalue weighted by Crippen LogP contribution is -2.46. The average molecular weight is 318 g/mol. The Labute approximate surface area is 137 Å². The van der Waals surface area contributed by atoms with E-state index in [1.165, 1.54) is 22.1 Å². The van der Waals surface area contributed by atoms with Gasteiger partial charge >= 0.3 is 0 Å². The molecule has 3 rings (SSSR count). The lowest BCUT2D eigenvalue weighted by atomic mass is 10.2. The molecule has 1 fully saturated rings. The molecule has 0 spiro atoms. The molecule has 2 heterocycles. The summed E-state index contributed by atoms with van der Waals surface area (Å²) in [6.45, 7) is 9.68. The van der Waals surface area contributed by atoms with Crippen molar-refractivity contribution in [3.63, 3.8) is 0 Å². The molecule has 1 aromatic carbocycles. The van der Waals surface area contributed by atoms with Gasteiger partial charge in [0.05, 0.1) is 12.2 Å². The van der Waals surface area contributed by atoms with Crippen LogP contribution in [0.1, 0.15) is 25.8 Å². The number of rotatable bonds is 6. The first-order valence-electron chi connectivity index (χ1n) is 8.26. The summed E-state index contributed by atoms with van der Waals surface area (Å²) in [4.78, 5) is 2.53. The number of benzene rings is 1. The van der Waals surface area contributed by atoms with Gasteiger partial charge in [0, 0.05) is 24.3 Å². The van der Waals surface area contributed by atoms with Gasteiger partial charge in [0.15, 0.2) is 0 Å². The first-order chi connectivity index (χ1) is 10.7. The van der Waals surface area contributed by atoms with Crippen LogP contribution < -0.4 is 5.32 Å². The quantitative estimate of drug-likeness (QED) is 0.825. The van der Waals surface area contributed by atoms with E-state index in [2.05, 4.69) is 53.7 Å². The highest BCUT2D eigenvalue weighted by Gasteiger charge is 2.21. The summed E-state index contributed by atoms with van der Waals surface area (Å²) in [6.07, 6.45) is 1.93. The maximum absolute atomic E-state index is 5.78. The molecule has 1 aliphatic rings. The third-order valence-corrected chi connectivity index (χ3v) is 5.21. The van der Waals surface area contributed by atoms with Gasteiger partial charge in [-0.15, -0.1) is 11.3 Å². The van der Waals surface area contributed by atoms with Crippen molar-refractivity contribution in [3.05, 3.63) is 35.2 Å². The molecule has 0 bridgehead atoms.